The van der Waals surface area contributed by atoms with Gasteiger partial charge in [-0.05, 0) is 24.0 Å². The molecule has 0 bridgehead atoms. The molecule has 0 amide bonds. The molecule has 0 spiro atoms. The van der Waals surface area contributed by atoms with Crippen LogP contribution >= 0.6 is 0 Å². The molecule has 1 aliphatic rings. The maximum Gasteiger partial charge on any atom is 0.0623 e. The van der Waals surface area contributed by atoms with Crippen molar-refractivity contribution in [1.29, 1.82) is 0 Å². The van der Waals surface area contributed by atoms with Crippen LogP contribution in [0.1, 0.15) is 19.5 Å². The van der Waals surface area contributed by atoms with Gasteiger partial charge in [0.1, 0.15) is 0 Å². The van der Waals surface area contributed by atoms with Crippen molar-refractivity contribution in [2.45, 2.75) is 19.3 Å². The summed E-state index contributed by atoms with van der Waals surface area (Å²) in [7, 11) is 0. The molecule has 0 aliphatic carbocycles. The van der Waals surface area contributed by atoms with Crippen molar-refractivity contribution in [3.05, 3.63) is 24.0 Å². The van der Waals surface area contributed by atoms with Crippen LogP contribution in [-0.4, -0.2) is 29.9 Å². The first-order chi connectivity index (χ1) is 7.20. The van der Waals surface area contributed by atoms with E-state index in [-0.39, 0.29) is 17.9 Å². The van der Waals surface area contributed by atoms with E-state index < -0.39 is 0 Å². The second-order valence-corrected chi connectivity index (χ2v) is 4.77. The Kier molecular flexibility index (Phi) is 2.85. The first-order valence-electron chi connectivity index (χ1n) is 5.53. The quantitative estimate of drug-likeness (QED) is 0.790. The molecular formula is C12H19NO2. The Morgan fingerprint density at radius 1 is 1.53 bits per heavy atom. The van der Waals surface area contributed by atoms with E-state index >= 15 is 0 Å². The van der Waals surface area contributed by atoms with Gasteiger partial charge in [-0.25, -0.2) is 0 Å². The average Bonchev–Trinajstić information content (AvgIpc) is 2.62. The summed E-state index contributed by atoms with van der Waals surface area (Å²) in [5.74, 6) is 0.729. The fourth-order valence-corrected chi connectivity index (χ4v) is 2.55. The third-order valence-electron chi connectivity index (χ3n) is 3.56. The number of aliphatic hydroxyl groups excluding tert-OH is 1. The van der Waals surface area contributed by atoms with E-state index in [1.807, 2.05) is 12.3 Å². The second kappa shape index (κ2) is 3.99. The van der Waals surface area contributed by atoms with E-state index in [1.165, 1.54) is 5.69 Å². The summed E-state index contributed by atoms with van der Waals surface area (Å²) in [6.45, 7) is 5.97. The maximum atomic E-state index is 9.53. The van der Waals surface area contributed by atoms with Crippen LogP contribution in [0.3, 0.4) is 0 Å². The lowest BCUT2D eigenvalue weighted by molar-refractivity contribution is -0.113. The number of aromatic amines is 1. The number of rotatable bonds is 4. The first kappa shape index (κ1) is 10.7. The Morgan fingerprint density at radius 3 is 2.60 bits per heavy atom. The summed E-state index contributed by atoms with van der Waals surface area (Å²) in [5, 5.41) is 9.53. The maximum absolute atomic E-state index is 9.53. The van der Waals surface area contributed by atoms with Crippen LogP contribution in [0.15, 0.2) is 18.3 Å². The van der Waals surface area contributed by atoms with Gasteiger partial charge in [-0.1, -0.05) is 13.8 Å². The molecule has 1 aliphatic heterocycles. The molecule has 2 rings (SSSR count). The van der Waals surface area contributed by atoms with Crippen LogP contribution in [0.2, 0.25) is 0 Å². The molecule has 0 radical (unpaired) electrons. The summed E-state index contributed by atoms with van der Waals surface area (Å²) in [5.41, 5.74) is 1.20. The lowest BCUT2D eigenvalue weighted by Gasteiger charge is -2.47. The third-order valence-corrected chi connectivity index (χ3v) is 3.56. The molecule has 84 valence electrons. The van der Waals surface area contributed by atoms with Crippen molar-refractivity contribution in [2.75, 3.05) is 19.8 Å². The Bertz CT molecular complexity index is 301. The smallest absolute Gasteiger partial charge is 0.0623 e. The molecule has 0 saturated carbocycles. The highest BCUT2D eigenvalue weighted by Crippen LogP contribution is 2.41. The third kappa shape index (κ3) is 1.60. The van der Waals surface area contributed by atoms with Gasteiger partial charge in [-0.15, -0.1) is 0 Å². The van der Waals surface area contributed by atoms with E-state index in [0.29, 0.717) is 5.92 Å². The lowest BCUT2D eigenvalue weighted by atomic mass is 9.67. The summed E-state index contributed by atoms with van der Waals surface area (Å²) < 4.78 is 5.36. The zero-order chi connectivity index (χ0) is 10.9. The second-order valence-electron chi connectivity index (χ2n) is 4.77. The Morgan fingerprint density at radius 2 is 2.27 bits per heavy atom. The number of H-pyrrole nitrogens is 1. The highest BCUT2D eigenvalue weighted by atomic mass is 16.5. The van der Waals surface area contributed by atoms with Gasteiger partial charge in [0.2, 0.25) is 0 Å². The molecule has 1 fully saturated rings. The highest BCUT2D eigenvalue weighted by molar-refractivity contribution is 5.23. The molecule has 0 aromatic carbocycles. The minimum atomic E-state index is 0.00637. The fourth-order valence-electron chi connectivity index (χ4n) is 2.55. The van der Waals surface area contributed by atoms with Crippen molar-refractivity contribution < 1.29 is 9.84 Å². The van der Waals surface area contributed by atoms with Crippen LogP contribution in [0.5, 0.6) is 0 Å². The molecule has 15 heavy (non-hydrogen) atoms. The van der Waals surface area contributed by atoms with E-state index in [4.69, 9.17) is 4.74 Å². The molecule has 2 heterocycles. The minimum Gasteiger partial charge on any atom is -0.396 e. The Labute approximate surface area is 90.5 Å². The van der Waals surface area contributed by atoms with Crippen molar-refractivity contribution in [3.63, 3.8) is 0 Å². The number of ether oxygens (including phenoxy) is 1. The zero-order valence-corrected chi connectivity index (χ0v) is 9.36. The largest absolute Gasteiger partial charge is 0.396 e. The summed E-state index contributed by atoms with van der Waals surface area (Å²) >= 11 is 0. The SMILES string of the molecule is CC(C)C(CO)C1(c2ccc[nH]2)COC1. The molecular weight excluding hydrogens is 190 g/mol. The molecule has 2 N–H and O–H groups in total. The average molecular weight is 209 g/mol. The number of aromatic nitrogens is 1. The fraction of sp³-hybridized carbons (Fsp3) is 0.667. The van der Waals surface area contributed by atoms with Crippen LogP contribution in [0.25, 0.3) is 0 Å². The Hall–Kier alpha value is -0.800. The van der Waals surface area contributed by atoms with Gasteiger partial charge >= 0.3 is 0 Å². The topological polar surface area (TPSA) is 45.2 Å². The molecule has 1 aromatic rings. The van der Waals surface area contributed by atoms with Gasteiger partial charge in [-0.3, -0.25) is 0 Å². The zero-order valence-electron chi connectivity index (χ0n) is 9.36. The van der Waals surface area contributed by atoms with Gasteiger partial charge in [0.25, 0.3) is 0 Å². The van der Waals surface area contributed by atoms with E-state index in [9.17, 15) is 5.11 Å². The molecule has 1 aromatic heterocycles. The minimum absolute atomic E-state index is 0.00637. The number of nitrogens with one attached hydrogen (secondary N) is 1. The molecule has 1 unspecified atom stereocenters. The van der Waals surface area contributed by atoms with Crippen molar-refractivity contribution in [1.82, 2.24) is 4.98 Å². The predicted octanol–water partition coefficient (Wildman–Crippen LogP) is 1.55. The molecule has 1 saturated heterocycles. The monoisotopic (exact) mass is 209 g/mol. The van der Waals surface area contributed by atoms with Gasteiger partial charge in [-0.2, -0.15) is 0 Å². The highest BCUT2D eigenvalue weighted by Gasteiger charge is 2.48. The van der Waals surface area contributed by atoms with E-state index in [1.54, 1.807) is 0 Å². The summed E-state index contributed by atoms with van der Waals surface area (Å²) in [4.78, 5) is 3.26. The molecule has 3 heteroatoms. The number of hydrogen-bond acceptors (Lipinski definition) is 2. The summed E-state index contributed by atoms with van der Waals surface area (Å²) in [6, 6.07) is 4.09. The van der Waals surface area contributed by atoms with Gasteiger partial charge in [0.15, 0.2) is 0 Å². The Balaban J connectivity index is 2.28. The standard InChI is InChI=1S/C12H19NO2/c1-9(2)10(6-14)12(7-15-8-12)11-4-3-5-13-11/h3-5,9-10,13-14H,6-8H2,1-2H3. The molecule has 1 atom stereocenters. The van der Waals surface area contributed by atoms with Crippen molar-refractivity contribution in [3.8, 4) is 0 Å². The summed E-state index contributed by atoms with van der Waals surface area (Å²) in [6.07, 6.45) is 1.93. The van der Waals surface area contributed by atoms with Crippen LogP contribution in [-0.2, 0) is 10.2 Å². The number of aliphatic hydroxyl groups is 1. The van der Waals surface area contributed by atoms with Crippen LogP contribution in [0.4, 0.5) is 0 Å². The molecule has 3 nitrogen and oxygen atoms in total. The lowest BCUT2D eigenvalue weighted by Crippen LogP contribution is -2.55. The van der Waals surface area contributed by atoms with E-state index in [0.717, 1.165) is 13.2 Å². The van der Waals surface area contributed by atoms with Gasteiger partial charge in [0, 0.05) is 18.5 Å². The van der Waals surface area contributed by atoms with Crippen LogP contribution < -0.4 is 0 Å². The van der Waals surface area contributed by atoms with Gasteiger partial charge in [0.05, 0.1) is 18.6 Å². The first-order valence-corrected chi connectivity index (χ1v) is 5.53. The van der Waals surface area contributed by atoms with Crippen LogP contribution in [0, 0.1) is 11.8 Å². The van der Waals surface area contributed by atoms with Crippen molar-refractivity contribution >= 4 is 0 Å². The number of hydrogen-bond donors (Lipinski definition) is 2. The predicted molar refractivity (Wildman–Crippen MR) is 58.7 cm³/mol. The van der Waals surface area contributed by atoms with Gasteiger partial charge < -0.3 is 14.8 Å². The normalized spacial score (nSPS) is 21.3. The van der Waals surface area contributed by atoms with E-state index in [2.05, 4.69) is 24.9 Å². The van der Waals surface area contributed by atoms with Crippen molar-refractivity contribution in [2.24, 2.45) is 11.8 Å².